The molecule has 0 saturated carbocycles. The summed E-state index contributed by atoms with van der Waals surface area (Å²) in [4.78, 5) is 4.40. The molecule has 0 aliphatic heterocycles. The largest absolute Gasteiger partial charge is 0.369 e. The Bertz CT molecular complexity index is 606. The predicted molar refractivity (Wildman–Crippen MR) is 89.4 cm³/mol. The second-order valence-electron chi connectivity index (χ2n) is 5.93. The van der Waals surface area contributed by atoms with Crippen LogP contribution >= 0.6 is 15.9 Å². The number of benzene rings is 1. The van der Waals surface area contributed by atoms with Crippen LogP contribution in [0.25, 0.3) is 0 Å². The molecule has 2 aromatic rings. The highest BCUT2D eigenvalue weighted by Crippen LogP contribution is 2.25. The Hall–Kier alpha value is -1.35. The summed E-state index contributed by atoms with van der Waals surface area (Å²) in [7, 11) is 0. The fourth-order valence-electron chi connectivity index (χ4n) is 2.12. The Morgan fingerprint density at radius 3 is 2.60 bits per heavy atom. The molecule has 106 valence electrons. The first-order valence-electron chi connectivity index (χ1n) is 6.82. The molecule has 1 aromatic carbocycles. The molecule has 1 aromatic heterocycles. The maximum Gasteiger partial charge on any atom is 0.126 e. The van der Waals surface area contributed by atoms with Crippen LogP contribution in [0.15, 0.2) is 41.0 Å². The topological polar surface area (TPSA) is 24.9 Å². The van der Waals surface area contributed by atoms with Crippen molar-refractivity contribution in [1.82, 2.24) is 4.98 Å². The van der Waals surface area contributed by atoms with Crippen LogP contribution < -0.4 is 5.32 Å². The molecule has 1 N–H and O–H groups in total. The lowest BCUT2D eigenvalue weighted by Crippen LogP contribution is -2.28. The van der Waals surface area contributed by atoms with E-state index in [9.17, 15) is 0 Å². The van der Waals surface area contributed by atoms with E-state index in [1.165, 1.54) is 16.7 Å². The smallest absolute Gasteiger partial charge is 0.126 e. The van der Waals surface area contributed by atoms with E-state index >= 15 is 0 Å². The number of nitrogens with one attached hydrogen (secondary N) is 1. The minimum atomic E-state index is 0.0642. The van der Waals surface area contributed by atoms with Crippen LogP contribution in [0.5, 0.6) is 0 Å². The normalized spacial score (nSPS) is 11.4. The van der Waals surface area contributed by atoms with Crippen molar-refractivity contribution in [2.24, 2.45) is 0 Å². The molecular formula is C17H21BrN2. The van der Waals surface area contributed by atoms with Gasteiger partial charge in [-0.3, -0.25) is 0 Å². The Morgan fingerprint density at radius 2 is 1.95 bits per heavy atom. The van der Waals surface area contributed by atoms with E-state index in [0.29, 0.717) is 0 Å². The number of nitrogens with zero attached hydrogens (tertiary/aromatic N) is 1. The third kappa shape index (κ3) is 3.60. The van der Waals surface area contributed by atoms with Crippen molar-refractivity contribution in [1.29, 1.82) is 0 Å². The van der Waals surface area contributed by atoms with Crippen LogP contribution in [0.2, 0.25) is 0 Å². The number of aromatic nitrogens is 1. The van der Waals surface area contributed by atoms with Crippen molar-refractivity contribution in [3.63, 3.8) is 0 Å². The molecule has 0 spiro atoms. The fraction of sp³-hybridized carbons (Fsp3) is 0.353. The summed E-state index contributed by atoms with van der Waals surface area (Å²) in [6, 6.07) is 10.8. The molecule has 0 saturated heterocycles. The molecule has 1 heterocycles. The standard InChI is InChI=1S/C17H21BrN2/c1-12-6-5-7-14(8-12)17(3,4)11-20-16-9-13(2)15(18)10-19-16/h5-10H,11H2,1-4H3,(H,19,20). The number of aryl methyl sites for hydroxylation is 2. The molecular weight excluding hydrogens is 312 g/mol. The fourth-order valence-corrected chi connectivity index (χ4v) is 2.33. The van der Waals surface area contributed by atoms with Gasteiger partial charge in [0, 0.05) is 22.6 Å². The Morgan fingerprint density at radius 1 is 1.20 bits per heavy atom. The number of hydrogen-bond acceptors (Lipinski definition) is 2. The number of pyridine rings is 1. The van der Waals surface area contributed by atoms with Crippen LogP contribution in [0.4, 0.5) is 5.82 Å². The molecule has 0 amide bonds. The van der Waals surface area contributed by atoms with Gasteiger partial charge in [0.2, 0.25) is 0 Å². The minimum absolute atomic E-state index is 0.0642. The molecule has 0 aliphatic rings. The number of rotatable bonds is 4. The van der Waals surface area contributed by atoms with E-state index in [1.54, 1.807) is 0 Å². The van der Waals surface area contributed by atoms with Crippen LogP contribution in [-0.2, 0) is 5.41 Å². The molecule has 0 unspecified atom stereocenters. The van der Waals surface area contributed by atoms with Gasteiger partial charge in [-0.25, -0.2) is 4.98 Å². The SMILES string of the molecule is Cc1cccc(C(C)(C)CNc2cc(C)c(Br)cn2)c1. The summed E-state index contributed by atoms with van der Waals surface area (Å²) < 4.78 is 1.04. The summed E-state index contributed by atoms with van der Waals surface area (Å²) in [5.74, 6) is 0.923. The molecule has 0 aliphatic carbocycles. The lowest BCUT2D eigenvalue weighted by molar-refractivity contribution is 0.555. The quantitative estimate of drug-likeness (QED) is 0.865. The number of anilines is 1. The molecule has 0 radical (unpaired) electrons. The first-order valence-corrected chi connectivity index (χ1v) is 7.61. The highest BCUT2D eigenvalue weighted by Gasteiger charge is 2.20. The van der Waals surface area contributed by atoms with Gasteiger partial charge in [0.05, 0.1) is 0 Å². The summed E-state index contributed by atoms with van der Waals surface area (Å²) in [5.41, 5.74) is 3.90. The first kappa shape index (κ1) is 15.0. The monoisotopic (exact) mass is 332 g/mol. The van der Waals surface area contributed by atoms with E-state index in [0.717, 1.165) is 16.8 Å². The molecule has 0 atom stereocenters. The van der Waals surface area contributed by atoms with Crippen molar-refractivity contribution < 1.29 is 0 Å². The van der Waals surface area contributed by atoms with Crippen LogP contribution in [0.3, 0.4) is 0 Å². The molecule has 2 nitrogen and oxygen atoms in total. The highest BCUT2D eigenvalue weighted by molar-refractivity contribution is 9.10. The zero-order valence-corrected chi connectivity index (χ0v) is 14.1. The molecule has 0 fully saturated rings. The second-order valence-corrected chi connectivity index (χ2v) is 6.78. The van der Waals surface area contributed by atoms with Crippen molar-refractivity contribution in [2.75, 3.05) is 11.9 Å². The van der Waals surface area contributed by atoms with Crippen LogP contribution in [-0.4, -0.2) is 11.5 Å². The van der Waals surface area contributed by atoms with Gasteiger partial charge in [-0.05, 0) is 47.0 Å². The lowest BCUT2D eigenvalue weighted by atomic mass is 9.84. The highest BCUT2D eigenvalue weighted by atomic mass is 79.9. The third-order valence-corrected chi connectivity index (χ3v) is 4.39. The van der Waals surface area contributed by atoms with Gasteiger partial charge in [0.15, 0.2) is 0 Å². The van der Waals surface area contributed by atoms with Crippen LogP contribution in [0, 0.1) is 13.8 Å². The summed E-state index contributed by atoms with van der Waals surface area (Å²) in [5, 5.41) is 3.44. The first-order chi connectivity index (χ1) is 9.38. The third-order valence-electron chi connectivity index (χ3n) is 3.56. The predicted octanol–water partition coefficient (Wildman–Crippen LogP) is 4.85. The van der Waals surface area contributed by atoms with Gasteiger partial charge in [0.25, 0.3) is 0 Å². The molecule has 3 heteroatoms. The van der Waals surface area contributed by atoms with E-state index in [4.69, 9.17) is 0 Å². The van der Waals surface area contributed by atoms with E-state index < -0.39 is 0 Å². The zero-order valence-electron chi connectivity index (χ0n) is 12.5. The zero-order chi connectivity index (χ0) is 14.8. The Balaban J connectivity index is 2.10. The maximum atomic E-state index is 4.40. The van der Waals surface area contributed by atoms with E-state index in [1.807, 2.05) is 6.20 Å². The molecule has 2 rings (SSSR count). The van der Waals surface area contributed by atoms with E-state index in [-0.39, 0.29) is 5.41 Å². The Kier molecular flexibility index (Phi) is 4.48. The summed E-state index contributed by atoms with van der Waals surface area (Å²) >= 11 is 3.47. The Labute approximate surface area is 129 Å². The van der Waals surface area contributed by atoms with Gasteiger partial charge < -0.3 is 5.32 Å². The van der Waals surface area contributed by atoms with Gasteiger partial charge in [0.1, 0.15) is 5.82 Å². The van der Waals surface area contributed by atoms with Gasteiger partial charge >= 0.3 is 0 Å². The maximum absolute atomic E-state index is 4.40. The van der Waals surface area contributed by atoms with Crippen molar-refractivity contribution in [3.05, 3.63) is 57.7 Å². The van der Waals surface area contributed by atoms with Gasteiger partial charge in [-0.15, -0.1) is 0 Å². The molecule has 20 heavy (non-hydrogen) atoms. The van der Waals surface area contributed by atoms with Gasteiger partial charge in [-0.2, -0.15) is 0 Å². The van der Waals surface area contributed by atoms with Crippen LogP contribution in [0.1, 0.15) is 30.5 Å². The summed E-state index contributed by atoms with van der Waals surface area (Å²) in [6.45, 7) is 9.56. The average molecular weight is 333 g/mol. The minimum Gasteiger partial charge on any atom is -0.369 e. The molecule has 0 bridgehead atoms. The average Bonchev–Trinajstić information content (AvgIpc) is 2.40. The second kappa shape index (κ2) is 5.96. The van der Waals surface area contributed by atoms with Crippen molar-refractivity contribution in [2.45, 2.75) is 33.1 Å². The number of hydrogen-bond donors (Lipinski definition) is 1. The summed E-state index contributed by atoms with van der Waals surface area (Å²) in [6.07, 6.45) is 1.84. The van der Waals surface area contributed by atoms with Crippen molar-refractivity contribution in [3.8, 4) is 0 Å². The van der Waals surface area contributed by atoms with Crippen molar-refractivity contribution >= 4 is 21.7 Å². The van der Waals surface area contributed by atoms with E-state index in [2.05, 4.69) is 84.3 Å². The number of halogens is 1. The van der Waals surface area contributed by atoms with Gasteiger partial charge in [-0.1, -0.05) is 43.7 Å². The lowest BCUT2D eigenvalue weighted by Gasteiger charge is -2.26.